The van der Waals surface area contributed by atoms with Crippen LogP contribution in [0.2, 0.25) is 0 Å². The molecule has 0 heterocycles. The summed E-state index contributed by atoms with van der Waals surface area (Å²) in [6.07, 6.45) is 19.7. The van der Waals surface area contributed by atoms with E-state index in [1.807, 2.05) is 21.0 Å². The predicted molar refractivity (Wildman–Crippen MR) is 120 cm³/mol. The van der Waals surface area contributed by atoms with Crippen molar-refractivity contribution in [2.24, 2.45) is 0 Å². The van der Waals surface area contributed by atoms with Crippen molar-refractivity contribution in [2.45, 2.75) is 129 Å². The lowest BCUT2D eigenvalue weighted by atomic mass is 10.0. The Morgan fingerprint density at radius 3 is 1.50 bits per heavy atom. The SMILES string of the molecule is CCCCCCCCCCCCCCCCC(O)C[N+](C)(C)C(CC)C(=O)O. The van der Waals surface area contributed by atoms with Crippen molar-refractivity contribution < 1.29 is 19.5 Å². The predicted octanol–water partition coefficient (Wildman–Crippen LogP) is 6.16. The van der Waals surface area contributed by atoms with Crippen LogP contribution in [0.1, 0.15) is 117 Å². The van der Waals surface area contributed by atoms with E-state index in [1.165, 1.54) is 83.5 Å². The maximum Gasteiger partial charge on any atom is 0.362 e. The fraction of sp³-hybridized carbons (Fsp3) is 0.958. The fourth-order valence-corrected chi connectivity index (χ4v) is 4.30. The molecule has 2 unspecified atom stereocenters. The Morgan fingerprint density at radius 1 is 0.750 bits per heavy atom. The molecule has 0 amide bonds. The summed E-state index contributed by atoms with van der Waals surface area (Å²) in [5.41, 5.74) is 0. The van der Waals surface area contributed by atoms with Crippen LogP contribution in [0.5, 0.6) is 0 Å². The smallest absolute Gasteiger partial charge is 0.362 e. The fourth-order valence-electron chi connectivity index (χ4n) is 4.30. The van der Waals surface area contributed by atoms with Crippen LogP contribution in [0.3, 0.4) is 0 Å². The van der Waals surface area contributed by atoms with Crippen molar-refractivity contribution >= 4 is 5.97 Å². The van der Waals surface area contributed by atoms with Gasteiger partial charge in [0.2, 0.25) is 0 Å². The van der Waals surface area contributed by atoms with Crippen LogP contribution in [0.15, 0.2) is 0 Å². The number of hydrogen-bond donors (Lipinski definition) is 2. The van der Waals surface area contributed by atoms with Crippen LogP contribution in [-0.4, -0.2) is 53.5 Å². The van der Waals surface area contributed by atoms with E-state index in [1.54, 1.807) is 0 Å². The van der Waals surface area contributed by atoms with Crippen LogP contribution in [0.4, 0.5) is 0 Å². The highest BCUT2D eigenvalue weighted by Gasteiger charge is 2.34. The van der Waals surface area contributed by atoms with Crippen LogP contribution < -0.4 is 0 Å². The summed E-state index contributed by atoms with van der Waals surface area (Å²) in [6, 6.07) is -0.439. The van der Waals surface area contributed by atoms with Gasteiger partial charge in [0, 0.05) is 6.42 Å². The normalized spacial score (nSPS) is 14.2. The monoisotopic (exact) mass is 400 g/mol. The summed E-state index contributed by atoms with van der Waals surface area (Å²) >= 11 is 0. The number of aliphatic hydroxyl groups is 1. The molecule has 0 saturated heterocycles. The van der Waals surface area contributed by atoms with Crippen molar-refractivity contribution in [3.8, 4) is 0 Å². The zero-order chi connectivity index (χ0) is 21.3. The first-order valence-corrected chi connectivity index (χ1v) is 12.1. The van der Waals surface area contributed by atoms with Gasteiger partial charge in [0.1, 0.15) is 12.6 Å². The highest BCUT2D eigenvalue weighted by Crippen LogP contribution is 2.16. The minimum absolute atomic E-state index is 0.353. The number of carbonyl (C=O) groups is 1. The van der Waals surface area contributed by atoms with Crippen LogP contribution in [-0.2, 0) is 4.79 Å². The molecule has 168 valence electrons. The Hall–Kier alpha value is -0.610. The molecule has 2 atom stereocenters. The van der Waals surface area contributed by atoms with E-state index in [2.05, 4.69) is 6.92 Å². The van der Waals surface area contributed by atoms with Gasteiger partial charge in [-0.25, -0.2) is 4.79 Å². The maximum atomic E-state index is 11.4. The van der Waals surface area contributed by atoms with E-state index in [9.17, 15) is 15.0 Å². The molecule has 0 aliphatic heterocycles. The number of aliphatic carboxylic acids is 1. The van der Waals surface area contributed by atoms with E-state index in [0.29, 0.717) is 17.4 Å². The number of aliphatic hydroxyl groups excluding tert-OH is 1. The number of likely N-dealkylation sites (N-methyl/N-ethyl adjacent to an activating group) is 1. The van der Waals surface area contributed by atoms with Gasteiger partial charge in [-0.1, -0.05) is 104 Å². The molecule has 4 heteroatoms. The Balaban J connectivity index is 3.54. The van der Waals surface area contributed by atoms with E-state index in [-0.39, 0.29) is 0 Å². The Bertz CT molecular complexity index is 371. The molecule has 0 radical (unpaired) electrons. The molecular weight excluding hydrogens is 350 g/mol. The van der Waals surface area contributed by atoms with Gasteiger partial charge in [-0.05, 0) is 6.42 Å². The van der Waals surface area contributed by atoms with E-state index in [4.69, 9.17) is 0 Å². The number of rotatable bonds is 20. The summed E-state index contributed by atoms with van der Waals surface area (Å²) in [6.45, 7) is 4.69. The van der Waals surface area contributed by atoms with Crippen molar-refractivity contribution in [3.05, 3.63) is 0 Å². The Labute approximate surface area is 175 Å². The average Bonchev–Trinajstić information content (AvgIpc) is 2.61. The highest BCUT2D eigenvalue weighted by atomic mass is 16.4. The molecule has 0 aliphatic carbocycles. The standard InChI is InChI=1S/C24H49NO3/c1-5-7-8-9-10-11-12-13-14-15-16-17-18-19-20-22(26)21-25(3,4)23(6-2)24(27)28/h22-23,26H,5-21H2,1-4H3/p+1. The lowest BCUT2D eigenvalue weighted by Crippen LogP contribution is -2.55. The maximum absolute atomic E-state index is 11.4. The summed E-state index contributed by atoms with van der Waals surface area (Å²) in [5, 5.41) is 19.6. The minimum Gasteiger partial charge on any atom is -0.477 e. The molecule has 0 aromatic carbocycles. The van der Waals surface area contributed by atoms with E-state index < -0.39 is 18.1 Å². The molecule has 0 fully saturated rings. The number of nitrogens with zero attached hydrogens (tertiary/aromatic N) is 1. The molecule has 0 saturated carbocycles. The van der Waals surface area contributed by atoms with E-state index in [0.717, 1.165) is 12.8 Å². The molecule has 2 N–H and O–H groups in total. The topological polar surface area (TPSA) is 57.5 Å². The molecule has 0 aliphatic rings. The second-order valence-corrected chi connectivity index (χ2v) is 9.26. The third kappa shape index (κ3) is 14.4. The summed E-state index contributed by atoms with van der Waals surface area (Å²) in [4.78, 5) is 11.4. The van der Waals surface area contributed by atoms with Gasteiger partial charge in [-0.3, -0.25) is 0 Å². The highest BCUT2D eigenvalue weighted by molar-refractivity contribution is 5.72. The summed E-state index contributed by atoms with van der Waals surface area (Å²) in [5.74, 6) is -0.767. The van der Waals surface area contributed by atoms with Crippen LogP contribution in [0.25, 0.3) is 0 Å². The third-order valence-electron chi connectivity index (χ3n) is 6.09. The Kier molecular flexibility index (Phi) is 16.9. The van der Waals surface area contributed by atoms with Crippen molar-refractivity contribution in [2.75, 3.05) is 20.6 Å². The zero-order valence-corrected chi connectivity index (χ0v) is 19.4. The first-order chi connectivity index (χ1) is 13.3. The molecule has 0 aromatic heterocycles. The van der Waals surface area contributed by atoms with Crippen LogP contribution >= 0.6 is 0 Å². The minimum atomic E-state index is -0.767. The third-order valence-corrected chi connectivity index (χ3v) is 6.09. The van der Waals surface area contributed by atoms with Gasteiger partial charge in [0.15, 0.2) is 6.04 Å². The molecule has 28 heavy (non-hydrogen) atoms. The first kappa shape index (κ1) is 27.4. The van der Waals surface area contributed by atoms with Crippen molar-refractivity contribution in [3.63, 3.8) is 0 Å². The second kappa shape index (κ2) is 17.3. The van der Waals surface area contributed by atoms with Gasteiger partial charge in [0.25, 0.3) is 0 Å². The van der Waals surface area contributed by atoms with Gasteiger partial charge < -0.3 is 14.7 Å². The molecule has 0 aromatic rings. The summed E-state index contributed by atoms with van der Waals surface area (Å²) < 4.78 is 0.353. The van der Waals surface area contributed by atoms with E-state index >= 15 is 0 Å². The lowest BCUT2D eigenvalue weighted by Gasteiger charge is -2.36. The summed E-state index contributed by atoms with van der Waals surface area (Å²) in [7, 11) is 3.83. The number of carboxylic acids is 1. The zero-order valence-electron chi connectivity index (χ0n) is 19.4. The molecule has 4 nitrogen and oxygen atoms in total. The van der Waals surface area contributed by atoms with Crippen molar-refractivity contribution in [1.29, 1.82) is 0 Å². The largest absolute Gasteiger partial charge is 0.477 e. The van der Waals surface area contributed by atoms with Gasteiger partial charge in [-0.15, -0.1) is 0 Å². The first-order valence-electron chi connectivity index (χ1n) is 12.1. The van der Waals surface area contributed by atoms with Gasteiger partial charge in [0.05, 0.1) is 14.1 Å². The van der Waals surface area contributed by atoms with Crippen LogP contribution in [0, 0.1) is 0 Å². The number of carboxylic acid groups (broad SMARTS) is 1. The van der Waals surface area contributed by atoms with Crippen molar-refractivity contribution in [1.82, 2.24) is 0 Å². The average molecular weight is 401 g/mol. The van der Waals surface area contributed by atoms with Gasteiger partial charge in [-0.2, -0.15) is 0 Å². The molecule has 0 rings (SSSR count). The molecular formula is C24H50NO3+. The molecule has 0 bridgehead atoms. The Morgan fingerprint density at radius 2 is 1.14 bits per heavy atom. The second-order valence-electron chi connectivity index (χ2n) is 9.26. The lowest BCUT2D eigenvalue weighted by molar-refractivity contribution is -0.909. The quantitative estimate of drug-likeness (QED) is 0.190. The molecule has 0 spiro atoms. The van der Waals surface area contributed by atoms with Gasteiger partial charge >= 0.3 is 5.97 Å². The number of unbranched alkanes of at least 4 members (excludes halogenated alkanes) is 13. The number of hydrogen-bond acceptors (Lipinski definition) is 2. The number of quaternary nitrogens is 1.